The quantitative estimate of drug-likeness (QED) is 0.623. The third-order valence-corrected chi connectivity index (χ3v) is 4.73. The van der Waals surface area contributed by atoms with E-state index in [1.165, 1.54) is 12.6 Å². The van der Waals surface area contributed by atoms with E-state index in [1.807, 2.05) is 17.0 Å². The first-order valence-corrected chi connectivity index (χ1v) is 9.25. The number of aliphatic imine (C=N–C) groups is 1. The van der Waals surface area contributed by atoms with Crippen LogP contribution in [0.2, 0.25) is 5.15 Å². The molecule has 26 heavy (non-hydrogen) atoms. The fourth-order valence-electron chi connectivity index (χ4n) is 3.05. The molecule has 0 aliphatic carbocycles. The lowest BCUT2D eigenvalue weighted by Crippen LogP contribution is -2.35. The highest BCUT2D eigenvalue weighted by molar-refractivity contribution is 6.29. The molecular weight excluding hydrogens is 350 g/mol. The van der Waals surface area contributed by atoms with Crippen LogP contribution in [-0.4, -0.2) is 52.8 Å². The number of likely N-dealkylation sites (tertiary alicyclic amines) is 1. The highest BCUT2D eigenvalue weighted by Crippen LogP contribution is 2.18. The van der Waals surface area contributed by atoms with Crippen LogP contribution in [0.15, 0.2) is 29.4 Å². The Labute approximate surface area is 157 Å². The standard InChI is InChI=1S/C19H22ClN5O/c20-18-5-4-16-17(24-18)10-14(13-23-16)15(11-21)12-22-7-6-19(26)25-8-2-1-3-9-25/h4-5,10-13,15,21H,1-3,6-9H2. The van der Waals surface area contributed by atoms with Gasteiger partial charge in [0.05, 0.1) is 17.0 Å². The van der Waals surface area contributed by atoms with Crippen LogP contribution in [0.4, 0.5) is 0 Å². The smallest absolute Gasteiger partial charge is 0.224 e. The lowest BCUT2D eigenvalue weighted by Gasteiger charge is -2.26. The molecule has 1 aliphatic rings. The Bertz CT molecular complexity index is 817. The van der Waals surface area contributed by atoms with Crippen LogP contribution in [0.3, 0.4) is 0 Å². The molecule has 0 aromatic carbocycles. The van der Waals surface area contributed by atoms with Crippen LogP contribution in [0.1, 0.15) is 37.2 Å². The van der Waals surface area contributed by atoms with Gasteiger partial charge in [0.15, 0.2) is 0 Å². The highest BCUT2D eigenvalue weighted by atomic mass is 35.5. The van der Waals surface area contributed by atoms with Crippen LogP contribution >= 0.6 is 11.6 Å². The van der Waals surface area contributed by atoms with E-state index in [2.05, 4.69) is 15.0 Å². The van der Waals surface area contributed by atoms with Crippen molar-refractivity contribution in [1.29, 1.82) is 5.41 Å². The Kier molecular flexibility index (Phi) is 6.28. The number of pyridine rings is 2. The number of amides is 1. The Morgan fingerprint density at radius 3 is 2.88 bits per heavy atom. The molecule has 1 N–H and O–H groups in total. The predicted octanol–water partition coefficient (Wildman–Crippen LogP) is 3.49. The van der Waals surface area contributed by atoms with E-state index in [1.54, 1.807) is 18.5 Å². The third-order valence-electron chi connectivity index (χ3n) is 4.52. The molecule has 136 valence electrons. The van der Waals surface area contributed by atoms with Gasteiger partial charge in [0.1, 0.15) is 5.15 Å². The number of aromatic nitrogens is 2. The van der Waals surface area contributed by atoms with Crippen molar-refractivity contribution in [3.63, 3.8) is 0 Å². The summed E-state index contributed by atoms with van der Waals surface area (Å²) in [5.41, 5.74) is 2.27. The van der Waals surface area contributed by atoms with Crippen molar-refractivity contribution >= 4 is 41.0 Å². The van der Waals surface area contributed by atoms with Gasteiger partial charge in [0.25, 0.3) is 0 Å². The number of piperidine rings is 1. The summed E-state index contributed by atoms with van der Waals surface area (Å²) in [7, 11) is 0. The monoisotopic (exact) mass is 371 g/mol. The highest BCUT2D eigenvalue weighted by Gasteiger charge is 2.15. The number of nitrogens with one attached hydrogen (secondary N) is 1. The van der Waals surface area contributed by atoms with Gasteiger partial charge in [-0.25, -0.2) is 4.98 Å². The van der Waals surface area contributed by atoms with Crippen LogP contribution in [0.25, 0.3) is 11.0 Å². The third kappa shape index (κ3) is 4.64. The maximum absolute atomic E-state index is 12.1. The molecule has 1 atom stereocenters. The first-order valence-electron chi connectivity index (χ1n) is 8.88. The minimum atomic E-state index is -0.294. The van der Waals surface area contributed by atoms with Crippen LogP contribution < -0.4 is 0 Å². The molecule has 1 fully saturated rings. The number of hydrogen-bond donors (Lipinski definition) is 1. The molecule has 2 aromatic heterocycles. The Hall–Kier alpha value is -2.34. The Balaban J connectivity index is 1.60. The summed E-state index contributed by atoms with van der Waals surface area (Å²) in [6.45, 7) is 2.17. The van der Waals surface area contributed by atoms with E-state index in [-0.39, 0.29) is 11.8 Å². The van der Waals surface area contributed by atoms with E-state index in [0.717, 1.165) is 37.0 Å². The fourth-order valence-corrected chi connectivity index (χ4v) is 3.21. The van der Waals surface area contributed by atoms with Gasteiger partial charge in [-0.05, 0) is 43.0 Å². The van der Waals surface area contributed by atoms with Crippen molar-refractivity contribution in [3.8, 4) is 0 Å². The second-order valence-corrected chi connectivity index (χ2v) is 6.77. The molecule has 0 bridgehead atoms. The summed E-state index contributed by atoms with van der Waals surface area (Å²) in [6, 6.07) is 5.38. The molecule has 2 aromatic rings. The SMILES string of the molecule is N=CC(C=NCCC(=O)N1CCCCC1)c1cnc2ccc(Cl)nc2c1. The van der Waals surface area contributed by atoms with Gasteiger partial charge >= 0.3 is 0 Å². The zero-order valence-electron chi connectivity index (χ0n) is 14.6. The van der Waals surface area contributed by atoms with Gasteiger partial charge in [-0.3, -0.25) is 14.8 Å². The maximum atomic E-state index is 12.1. The van der Waals surface area contributed by atoms with Crippen molar-refractivity contribution in [2.24, 2.45) is 4.99 Å². The molecule has 3 heterocycles. The van der Waals surface area contributed by atoms with E-state index in [9.17, 15) is 4.79 Å². The van der Waals surface area contributed by atoms with Crippen molar-refractivity contribution in [1.82, 2.24) is 14.9 Å². The normalized spacial score (nSPS) is 16.1. The molecule has 1 saturated heterocycles. The maximum Gasteiger partial charge on any atom is 0.224 e. The minimum absolute atomic E-state index is 0.166. The molecule has 3 rings (SSSR count). The lowest BCUT2D eigenvalue weighted by atomic mass is 10.0. The van der Waals surface area contributed by atoms with Crippen LogP contribution in [0, 0.1) is 5.41 Å². The number of halogens is 1. The molecule has 6 nitrogen and oxygen atoms in total. The van der Waals surface area contributed by atoms with Gasteiger partial charge in [-0.1, -0.05) is 11.6 Å². The van der Waals surface area contributed by atoms with Crippen LogP contribution in [-0.2, 0) is 4.79 Å². The fraction of sp³-hybridized carbons (Fsp3) is 0.421. The summed E-state index contributed by atoms with van der Waals surface area (Å²) in [5.74, 6) is -0.128. The first kappa shape index (κ1) is 18.5. The van der Waals surface area contributed by atoms with Gasteiger partial charge in [0, 0.05) is 44.7 Å². The second-order valence-electron chi connectivity index (χ2n) is 6.38. The van der Waals surface area contributed by atoms with Crippen molar-refractivity contribution < 1.29 is 4.79 Å². The Morgan fingerprint density at radius 2 is 2.12 bits per heavy atom. The summed E-state index contributed by atoms with van der Waals surface area (Å²) >= 11 is 5.93. The van der Waals surface area contributed by atoms with E-state index >= 15 is 0 Å². The first-order chi connectivity index (χ1) is 12.7. The molecular formula is C19H22ClN5O. The van der Waals surface area contributed by atoms with Crippen molar-refractivity contribution in [3.05, 3.63) is 35.1 Å². The van der Waals surface area contributed by atoms with Gasteiger partial charge < -0.3 is 10.3 Å². The number of hydrogen-bond acceptors (Lipinski definition) is 5. The number of rotatable bonds is 6. The van der Waals surface area contributed by atoms with E-state index in [0.29, 0.717) is 23.6 Å². The molecule has 7 heteroatoms. The summed E-state index contributed by atoms with van der Waals surface area (Å²) < 4.78 is 0. The lowest BCUT2D eigenvalue weighted by molar-refractivity contribution is -0.131. The average molecular weight is 372 g/mol. The summed E-state index contributed by atoms with van der Waals surface area (Å²) in [4.78, 5) is 27.0. The second kappa shape index (κ2) is 8.85. The molecule has 0 saturated carbocycles. The number of nitrogens with zero attached hydrogens (tertiary/aromatic N) is 4. The average Bonchev–Trinajstić information content (AvgIpc) is 2.68. The van der Waals surface area contributed by atoms with Gasteiger partial charge in [0.2, 0.25) is 5.91 Å². The largest absolute Gasteiger partial charge is 0.343 e. The number of carbonyl (C=O) groups is 1. The van der Waals surface area contributed by atoms with Crippen LogP contribution in [0.5, 0.6) is 0 Å². The Morgan fingerprint density at radius 1 is 1.31 bits per heavy atom. The number of carbonyl (C=O) groups excluding carboxylic acids is 1. The van der Waals surface area contributed by atoms with Gasteiger partial charge in [-0.15, -0.1) is 0 Å². The topological polar surface area (TPSA) is 82.3 Å². The van der Waals surface area contributed by atoms with E-state index < -0.39 is 0 Å². The predicted molar refractivity (Wildman–Crippen MR) is 104 cm³/mol. The van der Waals surface area contributed by atoms with E-state index in [4.69, 9.17) is 17.0 Å². The zero-order valence-corrected chi connectivity index (χ0v) is 15.3. The van der Waals surface area contributed by atoms with Gasteiger partial charge in [-0.2, -0.15) is 0 Å². The summed E-state index contributed by atoms with van der Waals surface area (Å²) in [5, 5.41) is 8.07. The molecule has 1 unspecified atom stereocenters. The number of fused-ring (bicyclic) bond motifs is 1. The van der Waals surface area contributed by atoms with Crippen molar-refractivity contribution in [2.45, 2.75) is 31.6 Å². The molecule has 0 spiro atoms. The van der Waals surface area contributed by atoms with Crippen molar-refractivity contribution in [2.75, 3.05) is 19.6 Å². The minimum Gasteiger partial charge on any atom is -0.343 e. The molecule has 1 amide bonds. The zero-order chi connectivity index (χ0) is 18.4. The molecule has 1 aliphatic heterocycles. The molecule has 0 radical (unpaired) electrons. The summed E-state index contributed by atoms with van der Waals surface area (Å²) in [6.07, 6.45) is 8.54.